The van der Waals surface area contributed by atoms with Gasteiger partial charge in [0, 0.05) is 12.8 Å². The molecule has 0 aliphatic carbocycles. The van der Waals surface area contributed by atoms with Crippen LogP contribution >= 0.6 is 0 Å². The van der Waals surface area contributed by atoms with Gasteiger partial charge in [0.15, 0.2) is 6.54 Å². The first kappa shape index (κ1) is 7.51. The Morgan fingerprint density at radius 1 is 1.75 bits per heavy atom. The standard InChI is InChI=1S/C6H8N2O4/c9-5-4-2-1-3-7(4)8(12-5)6(10)11/h5,9H,1-3H2/p+1. The normalized spacial score (nSPS) is 28.1. The van der Waals surface area contributed by atoms with Crippen molar-refractivity contribution in [2.45, 2.75) is 19.1 Å². The van der Waals surface area contributed by atoms with Gasteiger partial charge in [-0.1, -0.05) is 4.68 Å². The van der Waals surface area contributed by atoms with Crippen LogP contribution < -0.4 is 0 Å². The molecule has 12 heavy (non-hydrogen) atoms. The van der Waals surface area contributed by atoms with E-state index in [0.29, 0.717) is 23.8 Å². The molecule has 0 spiro atoms. The van der Waals surface area contributed by atoms with Gasteiger partial charge in [0.2, 0.25) is 5.71 Å². The fraction of sp³-hybridized carbons (Fsp3) is 0.667. The fourth-order valence-corrected chi connectivity index (χ4v) is 1.50. The largest absolute Gasteiger partial charge is 0.489 e. The quantitative estimate of drug-likeness (QED) is 0.479. The SMILES string of the molecule is O=C(O)N1OC(O)C2=[N+]1CCC2. The zero-order valence-corrected chi connectivity index (χ0v) is 6.30. The Kier molecular flexibility index (Phi) is 1.52. The van der Waals surface area contributed by atoms with Crippen LogP contribution in [0.5, 0.6) is 0 Å². The summed E-state index contributed by atoms with van der Waals surface area (Å²) in [5.41, 5.74) is 0.636. The van der Waals surface area contributed by atoms with Crippen molar-refractivity contribution in [1.82, 2.24) is 5.17 Å². The Balaban J connectivity index is 2.27. The van der Waals surface area contributed by atoms with Crippen LogP contribution in [0.3, 0.4) is 0 Å². The summed E-state index contributed by atoms with van der Waals surface area (Å²) < 4.78 is 1.45. The predicted octanol–water partition coefficient (Wildman–Crippen LogP) is -0.608. The topological polar surface area (TPSA) is 73.0 Å². The van der Waals surface area contributed by atoms with Gasteiger partial charge in [0.25, 0.3) is 6.29 Å². The number of hydrazone groups is 1. The van der Waals surface area contributed by atoms with E-state index in [1.165, 1.54) is 4.68 Å². The number of carbonyl (C=O) groups is 1. The van der Waals surface area contributed by atoms with Crippen molar-refractivity contribution >= 4 is 11.8 Å². The molecule has 0 aromatic carbocycles. The van der Waals surface area contributed by atoms with Crippen molar-refractivity contribution < 1.29 is 24.5 Å². The first-order chi connectivity index (χ1) is 5.70. The molecule has 0 aromatic heterocycles. The smallest absolute Gasteiger partial charge is 0.460 e. The van der Waals surface area contributed by atoms with Crippen LogP contribution in [0.15, 0.2) is 0 Å². The summed E-state index contributed by atoms with van der Waals surface area (Å²) >= 11 is 0. The highest BCUT2D eigenvalue weighted by molar-refractivity contribution is 5.85. The number of amides is 1. The van der Waals surface area contributed by atoms with Gasteiger partial charge in [-0.2, -0.15) is 4.84 Å². The first-order valence-electron chi connectivity index (χ1n) is 3.71. The molecular weight excluding hydrogens is 164 g/mol. The highest BCUT2D eigenvalue weighted by Gasteiger charge is 2.46. The summed E-state index contributed by atoms with van der Waals surface area (Å²) in [4.78, 5) is 15.2. The summed E-state index contributed by atoms with van der Waals surface area (Å²) in [5.74, 6) is 0. The van der Waals surface area contributed by atoms with Crippen LogP contribution in [-0.2, 0) is 4.84 Å². The number of hydroxylamine groups is 1. The lowest BCUT2D eigenvalue weighted by Gasteiger charge is -2.05. The molecule has 2 N–H and O–H groups in total. The summed E-state index contributed by atoms with van der Waals surface area (Å²) in [6.45, 7) is 0.596. The van der Waals surface area contributed by atoms with E-state index in [-0.39, 0.29) is 0 Å². The van der Waals surface area contributed by atoms with E-state index in [1.807, 2.05) is 0 Å². The van der Waals surface area contributed by atoms with Gasteiger partial charge >= 0.3 is 6.09 Å². The molecule has 0 saturated heterocycles. The molecule has 0 radical (unpaired) electrons. The number of aliphatic hydroxyl groups is 1. The van der Waals surface area contributed by atoms with E-state index < -0.39 is 12.4 Å². The third-order valence-corrected chi connectivity index (χ3v) is 2.00. The Hall–Kier alpha value is -1.14. The number of hydrogen-bond acceptors (Lipinski definition) is 3. The summed E-state index contributed by atoms with van der Waals surface area (Å²) in [5, 5.41) is 18.5. The highest BCUT2D eigenvalue weighted by atomic mass is 16.8. The number of hydrogen-bond donors (Lipinski definition) is 2. The molecule has 6 nitrogen and oxygen atoms in total. The predicted molar refractivity (Wildman–Crippen MR) is 36.3 cm³/mol. The maximum atomic E-state index is 10.5. The van der Waals surface area contributed by atoms with Crippen LogP contribution in [-0.4, -0.2) is 44.7 Å². The Morgan fingerprint density at radius 3 is 3.17 bits per heavy atom. The molecule has 0 bridgehead atoms. The lowest BCUT2D eigenvalue weighted by molar-refractivity contribution is -0.719. The third-order valence-electron chi connectivity index (χ3n) is 2.00. The molecule has 0 aromatic rings. The average Bonchev–Trinajstić information content (AvgIpc) is 2.53. The molecule has 66 valence electrons. The van der Waals surface area contributed by atoms with Crippen molar-refractivity contribution in [3.05, 3.63) is 0 Å². The van der Waals surface area contributed by atoms with E-state index >= 15 is 0 Å². The molecule has 2 aliphatic heterocycles. The Labute approximate surface area is 68.2 Å². The maximum absolute atomic E-state index is 10.5. The zero-order chi connectivity index (χ0) is 8.72. The van der Waals surface area contributed by atoms with Crippen LogP contribution in [0.25, 0.3) is 0 Å². The number of carboxylic acid groups (broad SMARTS) is 1. The maximum Gasteiger partial charge on any atom is 0.489 e. The summed E-state index contributed by atoms with van der Waals surface area (Å²) in [6.07, 6.45) is -0.723. The molecule has 1 atom stereocenters. The minimum absolute atomic E-state index is 0.596. The number of aliphatic hydroxyl groups excluding tert-OH is 1. The lowest BCUT2D eigenvalue weighted by atomic mass is 10.2. The van der Waals surface area contributed by atoms with E-state index in [0.717, 1.165) is 6.42 Å². The molecule has 1 amide bonds. The molecule has 0 saturated carbocycles. The van der Waals surface area contributed by atoms with Crippen molar-refractivity contribution in [2.24, 2.45) is 0 Å². The third kappa shape index (κ3) is 0.886. The number of hydrazine groups is 1. The van der Waals surface area contributed by atoms with E-state index in [2.05, 4.69) is 4.84 Å². The molecular formula is C6H9N2O4+. The molecule has 6 heteroatoms. The molecule has 2 heterocycles. The number of nitrogens with zero attached hydrogens (tertiary/aromatic N) is 2. The van der Waals surface area contributed by atoms with Gasteiger partial charge < -0.3 is 10.2 Å². The van der Waals surface area contributed by atoms with Crippen molar-refractivity contribution in [3.63, 3.8) is 0 Å². The van der Waals surface area contributed by atoms with Gasteiger partial charge in [-0.05, 0) is 0 Å². The molecule has 1 unspecified atom stereocenters. The van der Waals surface area contributed by atoms with Gasteiger partial charge in [-0.3, -0.25) is 0 Å². The van der Waals surface area contributed by atoms with Crippen molar-refractivity contribution in [1.29, 1.82) is 0 Å². The van der Waals surface area contributed by atoms with E-state index in [1.54, 1.807) is 0 Å². The summed E-state index contributed by atoms with van der Waals surface area (Å²) in [6, 6.07) is 0. The Bertz CT molecular complexity index is 262. The van der Waals surface area contributed by atoms with Crippen molar-refractivity contribution in [3.8, 4) is 0 Å². The minimum Gasteiger partial charge on any atom is -0.460 e. The van der Waals surface area contributed by atoms with Crippen LogP contribution in [0, 0.1) is 0 Å². The molecule has 0 fully saturated rings. The fourth-order valence-electron chi connectivity index (χ4n) is 1.50. The Morgan fingerprint density at radius 2 is 2.50 bits per heavy atom. The van der Waals surface area contributed by atoms with Gasteiger partial charge in [0.05, 0.1) is 5.17 Å². The average molecular weight is 173 g/mol. The van der Waals surface area contributed by atoms with E-state index in [9.17, 15) is 9.90 Å². The second-order valence-corrected chi connectivity index (χ2v) is 2.73. The lowest BCUT2D eigenvalue weighted by Crippen LogP contribution is -2.35. The second kappa shape index (κ2) is 2.43. The van der Waals surface area contributed by atoms with Gasteiger partial charge in [-0.15, -0.1) is 0 Å². The minimum atomic E-state index is -1.20. The molecule has 2 aliphatic rings. The summed E-state index contributed by atoms with van der Waals surface area (Å²) in [7, 11) is 0. The van der Waals surface area contributed by atoms with Gasteiger partial charge in [-0.25, -0.2) is 4.79 Å². The van der Waals surface area contributed by atoms with Crippen LogP contribution in [0.2, 0.25) is 0 Å². The van der Waals surface area contributed by atoms with Crippen molar-refractivity contribution in [2.75, 3.05) is 6.54 Å². The van der Waals surface area contributed by atoms with Crippen LogP contribution in [0.4, 0.5) is 4.79 Å². The van der Waals surface area contributed by atoms with Gasteiger partial charge in [0.1, 0.15) is 0 Å². The monoisotopic (exact) mass is 173 g/mol. The highest BCUT2D eigenvalue weighted by Crippen LogP contribution is 2.18. The van der Waals surface area contributed by atoms with Crippen LogP contribution in [0.1, 0.15) is 12.8 Å². The second-order valence-electron chi connectivity index (χ2n) is 2.73. The zero-order valence-electron chi connectivity index (χ0n) is 6.30. The van der Waals surface area contributed by atoms with E-state index in [4.69, 9.17) is 5.11 Å². The first-order valence-corrected chi connectivity index (χ1v) is 3.71. The number of rotatable bonds is 0. The molecule has 2 rings (SSSR count).